The number of hydrogen-bond donors (Lipinski definition) is 7. The second kappa shape index (κ2) is 9.19. The van der Waals surface area contributed by atoms with E-state index in [1.165, 1.54) is 18.2 Å². The van der Waals surface area contributed by atoms with Crippen molar-refractivity contribution in [3.63, 3.8) is 0 Å². The average molecular weight is 536 g/mol. The van der Waals surface area contributed by atoms with Gasteiger partial charge in [0.15, 0.2) is 34.2 Å². The van der Waals surface area contributed by atoms with Crippen LogP contribution >= 0.6 is 0 Å². The fourth-order valence-corrected chi connectivity index (χ4v) is 5.45. The molecule has 2 aromatic rings. The number of ether oxygens (including phenoxy) is 6. The zero-order chi connectivity index (χ0) is 26.8. The first-order valence-electron chi connectivity index (χ1n) is 12.0. The second-order valence-electron chi connectivity index (χ2n) is 9.89. The molecule has 4 heterocycles. The van der Waals surface area contributed by atoms with Gasteiger partial charge in [-0.05, 0) is 35.4 Å². The molecule has 7 N–H and O–H groups in total. The Labute approximate surface area is 215 Å². The van der Waals surface area contributed by atoms with Crippen LogP contribution in [0.5, 0.6) is 23.0 Å². The highest BCUT2D eigenvalue weighted by atomic mass is 16.7. The van der Waals surface area contributed by atoms with Gasteiger partial charge in [0.2, 0.25) is 13.1 Å². The normalized spacial score (nSPS) is 39.8. The molecule has 0 aliphatic carbocycles. The summed E-state index contributed by atoms with van der Waals surface area (Å²) in [5.74, 6) is 0.507. The van der Waals surface area contributed by atoms with Crippen LogP contribution in [0.1, 0.15) is 23.3 Å². The molecule has 0 amide bonds. The van der Waals surface area contributed by atoms with Crippen LogP contribution in [0.3, 0.4) is 0 Å². The number of hydrogen-bond acceptors (Lipinski definition) is 13. The summed E-state index contributed by atoms with van der Waals surface area (Å²) in [5.41, 5.74) is -2.84. The molecule has 0 aromatic heterocycles. The summed E-state index contributed by atoms with van der Waals surface area (Å²) in [5, 5.41) is 73.4. The van der Waals surface area contributed by atoms with Gasteiger partial charge in [0, 0.05) is 0 Å². The van der Waals surface area contributed by atoms with Crippen LogP contribution in [-0.4, -0.2) is 104 Å². The Morgan fingerprint density at radius 3 is 2.13 bits per heavy atom. The van der Waals surface area contributed by atoms with Crippen molar-refractivity contribution in [2.45, 2.75) is 54.1 Å². The van der Waals surface area contributed by atoms with Gasteiger partial charge in [0.05, 0.1) is 19.8 Å². The Balaban J connectivity index is 1.26. The minimum atomic E-state index is -1.88. The second-order valence-corrected chi connectivity index (χ2v) is 9.89. The maximum atomic E-state index is 11.7. The molecule has 0 unspecified atom stereocenters. The number of rotatable bonds is 5. The van der Waals surface area contributed by atoms with E-state index in [0.29, 0.717) is 22.6 Å². The number of aliphatic hydroxyl groups is 6. The number of aromatic hydroxyl groups is 1. The third kappa shape index (κ3) is 3.74. The summed E-state index contributed by atoms with van der Waals surface area (Å²) < 4.78 is 33.4. The van der Waals surface area contributed by atoms with Gasteiger partial charge >= 0.3 is 0 Å². The highest BCUT2D eigenvalue weighted by Crippen LogP contribution is 2.56. The molecule has 0 spiro atoms. The highest BCUT2D eigenvalue weighted by Gasteiger charge is 2.69. The highest BCUT2D eigenvalue weighted by molar-refractivity contribution is 5.47. The van der Waals surface area contributed by atoms with Gasteiger partial charge in [-0.3, -0.25) is 0 Å². The lowest BCUT2D eigenvalue weighted by Crippen LogP contribution is -2.60. The topological polar surface area (TPSA) is 197 Å². The summed E-state index contributed by atoms with van der Waals surface area (Å²) in [6.07, 6.45) is -9.72. The Hall–Kier alpha value is -2.72. The predicted octanol–water partition coefficient (Wildman–Crippen LogP) is -1.40. The molecule has 13 nitrogen and oxygen atoms in total. The summed E-state index contributed by atoms with van der Waals surface area (Å²) >= 11 is 0. The zero-order valence-corrected chi connectivity index (χ0v) is 19.9. The Kier molecular flexibility index (Phi) is 6.18. The van der Waals surface area contributed by atoms with Crippen LogP contribution < -0.4 is 14.2 Å². The van der Waals surface area contributed by atoms with Gasteiger partial charge in [-0.1, -0.05) is 12.1 Å². The van der Waals surface area contributed by atoms with Crippen molar-refractivity contribution in [3.8, 4) is 23.0 Å². The third-order valence-electron chi connectivity index (χ3n) is 7.63. The van der Waals surface area contributed by atoms with Gasteiger partial charge in [-0.2, -0.15) is 0 Å². The molecular weight excluding hydrogens is 508 g/mol. The molecule has 2 aromatic carbocycles. The van der Waals surface area contributed by atoms with Crippen molar-refractivity contribution in [2.75, 3.05) is 26.6 Å². The number of phenols is 1. The van der Waals surface area contributed by atoms with E-state index in [2.05, 4.69) is 0 Å². The summed E-state index contributed by atoms with van der Waals surface area (Å²) in [4.78, 5) is 0. The fraction of sp³-hybridized carbons (Fsp3) is 0.520. The summed E-state index contributed by atoms with van der Waals surface area (Å²) in [6, 6.07) is 9.15. The Morgan fingerprint density at radius 2 is 1.45 bits per heavy atom. The molecule has 4 aliphatic rings. The molecule has 6 rings (SSSR count). The van der Waals surface area contributed by atoms with Crippen LogP contribution in [-0.2, 0) is 14.2 Å². The van der Waals surface area contributed by atoms with Crippen molar-refractivity contribution in [2.24, 2.45) is 0 Å². The number of fused-ring (bicyclic) bond motifs is 2. The predicted molar refractivity (Wildman–Crippen MR) is 122 cm³/mol. The molecule has 9 atom stereocenters. The monoisotopic (exact) mass is 536 g/mol. The fourth-order valence-electron chi connectivity index (χ4n) is 5.45. The minimum Gasteiger partial charge on any atom is -0.504 e. The van der Waals surface area contributed by atoms with E-state index in [0.717, 1.165) is 0 Å². The summed E-state index contributed by atoms with van der Waals surface area (Å²) in [6.45, 7) is -1.10. The lowest BCUT2D eigenvalue weighted by atomic mass is 9.77. The standard InChI is InChI=1S/C25H28O13/c26-7-17-18(28)19(29)20(30)23(38-17)37-15-5-11(1-3-13(15)27)21-24(31)8-34-22(25(24,32)9-33-21)12-2-4-14-16(6-12)36-10-35-14/h1-6,17-23,26-32H,7-10H2/t17-,18-,19+,20-,21-,22-,23-,24+,25+/m1/s1. The van der Waals surface area contributed by atoms with Crippen LogP contribution in [0.15, 0.2) is 36.4 Å². The van der Waals surface area contributed by atoms with E-state index < -0.39 is 60.7 Å². The molecule has 38 heavy (non-hydrogen) atoms. The van der Waals surface area contributed by atoms with E-state index in [-0.39, 0.29) is 31.5 Å². The minimum absolute atomic E-state index is 0.0814. The van der Waals surface area contributed by atoms with Crippen molar-refractivity contribution >= 4 is 0 Å². The molecule has 3 fully saturated rings. The van der Waals surface area contributed by atoms with Gasteiger partial charge < -0.3 is 64.2 Å². The van der Waals surface area contributed by atoms with Gasteiger partial charge in [0.1, 0.15) is 36.6 Å². The van der Waals surface area contributed by atoms with E-state index in [1.807, 2.05) is 0 Å². The maximum absolute atomic E-state index is 11.7. The molecule has 3 saturated heterocycles. The quantitative estimate of drug-likeness (QED) is 0.236. The van der Waals surface area contributed by atoms with Crippen LogP contribution in [0.2, 0.25) is 0 Å². The zero-order valence-electron chi connectivity index (χ0n) is 19.9. The first-order chi connectivity index (χ1) is 18.2. The van der Waals surface area contributed by atoms with Crippen molar-refractivity contribution in [1.29, 1.82) is 0 Å². The van der Waals surface area contributed by atoms with Crippen LogP contribution in [0, 0.1) is 0 Å². The van der Waals surface area contributed by atoms with Crippen LogP contribution in [0.25, 0.3) is 0 Å². The molecule has 0 radical (unpaired) electrons. The van der Waals surface area contributed by atoms with E-state index >= 15 is 0 Å². The third-order valence-corrected chi connectivity index (χ3v) is 7.63. The average Bonchev–Trinajstić information content (AvgIpc) is 3.55. The molecule has 4 aliphatic heterocycles. The van der Waals surface area contributed by atoms with E-state index in [1.54, 1.807) is 18.2 Å². The van der Waals surface area contributed by atoms with Gasteiger partial charge in [-0.25, -0.2) is 0 Å². The Bertz CT molecular complexity index is 1210. The van der Waals surface area contributed by atoms with Crippen molar-refractivity contribution < 1.29 is 64.2 Å². The van der Waals surface area contributed by atoms with E-state index in [9.17, 15) is 35.7 Å². The van der Waals surface area contributed by atoms with Crippen molar-refractivity contribution in [1.82, 2.24) is 0 Å². The number of phenolic OH excluding ortho intramolecular Hbond substituents is 1. The smallest absolute Gasteiger partial charge is 0.231 e. The van der Waals surface area contributed by atoms with E-state index in [4.69, 9.17) is 28.4 Å². The molecule has 0 bridgehead atoms. The largest absolute Gasteiger partial charge is 0.504 e. The lowest BCUT2D eigenvalue weighted by molar-refractivity contribution is -0.277. The lowest BCUT2D eigenvalue weighted by Gasteiger charge is -2.39. The first-order valence-corrected chi connectivity index (χ1v) is 12.0. The summed E-state index contributed by atoms with van der Waals surface area (Å²) in [7, 11) is 0. The van der Waals surface area contributed by atoms with Gasteiger partial charge in [0.25, 0.3) is 0 Å². The molecule has 0 saturated carbocycles. The number of benzene rings is 2. The number of aliphatic hydroxyl groups excluding tert-OH is 4. The Morgan fingerprint density at radius 1 is 0.816 bits per heavy atom. The van der Waals surface area contributed by atoms with Crippen LogP contribution in [0.4, 0.5) is 0 Å². The molecule has 206 valence electrons. The SMILES string of the molecule is OC[C@H]1O[C@@H](Oc2cc([C@H]3OC[C@]4(O)[C@@H](c5ccc6c(c5)OCO6)OC[C@]34O)ccc2O)[C@H](O)[C@@H](O)[C@@H]1O. The van der Waals surface area contributed by atoms with Gasteiger partial charge in [-0.15, -0.1) is 0 Å². The molecule has 13 heteroatoms. The van der Waals surface area contributed by atoms with Crippen molar-refractivity contribution in [3.05, 3.63) is 47.5 Å². The maximum Gasteiger partial charge on any atom is 0.231 e. The first kappa shape index (κ1) is 25.6. The molecular formula is C25H28O13.